The Morgan fingerprint density at radius 1 is 1.21 bits per heavy atom. The van der Waals surface area contributed by atoms with Crippen LogP contribution >= 0.6 is 0 Å². The van der Waals surface area contributed by atoms with Gasteiger partial charge in [-0.15, -0.1) is 0 Å². The van der Waals surface area contributed by atoms with E-state index in [2.05, 4.69) is 9.64 Å². The van der Waals surface area contributed by atoms with Crippen molar-refractivity contribution in [1.82, 2.24) is 4.90 Å². The highest BCUT2D eigenvalue weighted by atomic mass is 16.5. The van der Waals surface area contributed by atoms with Crippen molar-refractivity contribution in [3.05, 3.63) is 0 Å². The summed E-state index contributed by atoms with van der Waals surface area (Å²) in [7, 11) is 1.45. The number of carbonyl (C=O) groups is 1. The number of aliphatic hydroxyl groups excluding tert-OH is 1. The highest BCUT2D eigenvalue weighted by Crippen LogP contribution is 2.29. The number of rotatable bonds is 4. The fraction of sp³-hybridized carbons (Fsp3) is 0.933. The second-order valence-electron chi connectivity index (χ2n) is 6.01. The van der Waals surface area contributed by atoms with Gasteiger partial charge in [-0.2, -0.15) is 0 Å². The van der Waals surface area contributed by atoms with E-state index in [9.17, 15) is 9.90 Å². The summed E-state index contributed by atoms with van der Waals surface area (Å²) in [5.74, 6) is 0.557. The molecule has 19 heavy (non-hydrogen) atoms. The van der Waals surface area contributed by atoms with Crippen molar-refractivity contribution in [3.63, 3.8) is 0 Å². The maximum Gasteiger partial charge on any atom is 0.305 e. The van der Waals surface area contributed by atoms with E-state index in [0.29, 0.717) is 18.4 Å². The molecule has 0 aromatic heterocycles. The minimum Gasteiger partial charge on any atom is -0.469 e. The van der Waals surface area contributed by atoms with Gasteiger partial charge in [0.2, 0.25) is 0 Å². The van der Waals surface area contributed by atoms with Crippen LogP contribution in [0.3, 0.4) is 0 Å². The average molecular weight is 269 g/mol. The van der Waals surface area contributed by atoms with Crippen molar-refractivity contribution >= 4 is 5.97 Å². The van der Waals surface area contributed by atoms with Crippen LogP contribution in [-0.2, 0) is 9.53 Å². The minimum absolute atomic E-state index is 0.0925. The zero-order chi connectivity index (χ0) is 13.7. The van der Waals surface area contributed by atoms with Crippen molar-refractivity contribution < 1.29 is 14.6 Å². The van der Waals surface area contributed by atoms with Crippen LogP contribution in [0, 0.1) is 5.92 Å². The molecule has 1 aliphatic heterocycles. The zero-order valence-corrected chi connectivity index (χ0v) is 12.0. The second-order valence-corrected chi connectivity index (χ2v) is 6.01. The molecule has 1 N–H and O–H groups in total. The number of carbonyl (C=O) groups excluding carboxylic acids is 1. The summed E-state index contributed by atoms with van der Waals surface area (Å²) < 4.78 is 4.69. The Labute approximate surface area is 116 Å². The van der Waals surface area contributed by atoms with Crippen LogP contribution in [0.1, 0.15) is 51.4 Å². The normalized spacial score (nSPS) is 30.2. The number of methoxy groups -OCH3 is 1. The van der Waals surface area contributed by atoms with Crippen LogP contribution in [-0.4, -0.2) is 48.3 Å². The molecule has 4 nitrogen and oxygen atoms in total. The van der Waals surface area contributed by atoms with E-state index >= 15 is 0 Å². The van der Waals surface area contributed by atoms with E-state index in [-0.39, 0.29) is 12.1 Å². The molecule has 0 spiro atoms. The predicted molar refractivity (Wildman–Crippen MR) is 73.8 cm³/mol. The van der Waals surface area contributed by atoms with Gasteiger partial charge in [-0.05, 0) is 51.1 Å². The monoisotopic (exact) mass is 269 g/mol. The highest BCUT2D eigenvalue weighted by Gasteiger charge is 2.31. The number of piperidine rings is 1. The van der Waals surface area contributed by atoms with Gasteiger partial charge in [0.25, 0.3) is 0 Å². The molecule has 0 aromatic carbocycles. The molecule has 4 heteroatoms. The van der Waals surface area contributed by atoms with Gasteiger partial charge in [0, 0.05) is 12.5 Å². The first-order valence-electron chi connectivity index (χ1n) is 7.69. The van der Waals surface area contributed by atoms with Crippen LogP contribution in [0.25, 0.3) is 0 Å². The average Bonchev–Trinajstić information content (AvgIpc) is 2.46. The lowest BCUT2D eigenvalue weighted by atomic mass is 9.87. The van der Waals surface area contributed by atoms with Gasteiger partial charge >= 0.3 is 5.97 Å². The lowest BCUT2D eigenvalue weighted by molar-refractivity contribution is -0.141. The Morgan fingerprint density at radius 3 is 2.53 bits per heavy atom. The van der Waals surface area contributed by atoms with Gasteiger partial charge in [0.15, 0.2) is 0 Å². The van der Waals surface area contributed by atoms with Gasteiger partial charge in [0.05, 0.1) is 13.2 Å². The largest absolute Gasteiger partial charge is 0.469 e. The molecule has 0 bridgehead atoms. The fourth-order valence-electron chi connectivity index (χ4n) is 3.51. The number of ether oxygens (including phenoxy) is 1. The first-order valence-corrected chi connectivity index (χ1v) is 7.69. The Bertz CT molecular complexity index is 287. The number of esters is 1. The Kier molecular flexibility index (Phi) is 5.64. The van der Waals surface area contributed by atoms with Crippen molar-refractivity contribution in [2.45, 2.75) is 63.5 Å². The van der Waals surface area contributed by atoms with Gasteiger partial charge in [-0.3, -0.25) is 9.69 Å². The van der Waals surface area contributed by atoms with Gasteiger partial charge in [-0.1, -0.05) is 12.8 Å². The van der Waals surface area contributed by atoms with Crippen LogP contribution in [0.2, 0.25) is 0 Å². The lowest BCUT2D eigenvalue weighted by Crippen LogP contribution is -2.48. The third-order valence-corrected chi connectivity index (χ3v) is 4.80. The Hall–Kier alpha value is -0.610. The topological polar surface area (TPSA) is 49.8 Å². The molecule has 1 aliphatic carbocycles. The van der Waals surface area contributed by atoms with E-state index in [1.54, 1.807) is 0 Å². The maximum atomic E-state index is 11.1. The molecule has 0 aromatic rings. The van der Waals surface area contributed by atoms with Crippen molar-refractivity contribution in [1.29, 1.82) is 0 Å². The number of nitrogens with zero attached hydrogens (tertiary/aromatic N) is 1. The van der Waals surface area contributed by atoms with Gasteiger partial charge in [0.1, 0.15) is 0 Å². The van der Waals surface area contributed by atoms with Crippen LogP contribution in [0.5, 0.6) is 0 Å². The molecule has 0 amide bonds. The molecule has 2 fully saturated rings. The standard InChI is InChI=1S/C15H27NO3/c1-19-15(18)7-6-12-8-10-16(11-9-12)13-4-2-3-5-14(13)17/h12-14,17H,2-11H2,1H3. The lowest BCUT2D eigenvalue weighted by Gasteiger charge is -2.41. The van der Waals surface area contributed by atoms with E-state index in [1.165, 1.54) is 20.0 Å². The third-order valence-electron chi connectivity index (χ3n) is 4.80. The Morgan fingerprint density at radius 2 is 1.89 bits per heavy atom. The summed E-state index contributed by atoms with van der Waals surface area (Å²) in [5.41, 5.74) is 0. The van der Waals surface area contributed by atoms with Crippen molar-refractivity contribution in [3.8, 4) is 0 Å². The van der Waals surface area contributed by atoms with E-state index in [1.807, 2.05) is 0 Å². The Balaban J connectivity index is 1.71. The van der Waals surface area contributed by atoms with E-state index < -0.39 is 0 Å². The molecule has 1 saturated carbocycles. The summed E-state index contributed by atoms with van der Waals surface area (Å²) in [6, 6.07) is 0.385. The number of aliphatic hydroxyl groups is 1. The smallest absolute Gasteiger partial charge is 0.305 e. The molecule has 0 radical (unpaired) electrons. The minimum atomic E-state index is -0.125. The molecule has 110 valence electrons. The zero-order valence-electron chi connectivity index (χ0n) is 12.0. The summed E-state index contributed by atoms with van der Waals surface area (Å²) in [6.45, 7) is 2.15. The van der Waals surface area contributed by atoms with E-state index in [0.717, 1.165) is 45.2 Å². The molecule has 2 unspecified atom stereocenters. The number of likely N-dealkylation sites (tertiary alicyclic amines) is 1. The van der Waals surface area contributed by atoms with Crippen molar-refractivity contribution in [2.24, 2.45) is 5.92 Å². The molecular formula is C15H27NO3. The van der Waals surface area contributed by atoms with Crippen molar-refractivity contribution in [2.75, 3.05) is 20.2 Å². The molecule has 2 aliphatic rings. The van der Waals surface area contributed by atoms with Crippen LogP contribution < -0.4 is 0 Å². The fourth-order valence-corrected chi connectivity index (χ4v) is 3.51. The van der Waals surface area contributed by atoms with Gasteiger partial charge < -0.3 is 9.84 Å². The summed E-state index contributed by atoms with van der Waals surface area (Å²) in [4.78, 5) is 13.6. The highest BCUT2D eigenvalue weighted by molar-refractivity contribution is 5.69. The van der Waals surface area contributed by atoms with E-state index in [4.69, 9.17) is 0 Å². The second kappa shape index (κ2) is 7.25. The summed E-state index contributed by atoms with van der Waals surface area (Å²) in [6.07, 6.45) is 8.22. The van der Waals surface area contributed by atoms with Gasteiger partial charge in [-0.25, -0.2) is 0 Å². The predicted octanol–water partition coefficient (Wildman–Crippen LogP) is 1.96. The molecular weight excluding hydrogens is 242 g/mol. The maximum absolute atomic E-state index is 11.1. The first kappa shape index (κ1) is 14.8. The van der Waals surface area contributed by atoms with Crippen LogP contribution in [0.15, 0.2) is 0 Å². The van der Waals surface area contributed by atoms with Crippen LogP contribution in [0.4, 0.5) is 0 Å². The molecule has 2 atom stereocenters. The number of hydrogen-bond donors (Lipinski definition) is 1. The quantitative estimate of drug-likeness (QED) is 0.793. The third kappa shape index (κ3) is 4.18. The first-order chi connectivity index (χ1) is 9.20. The molecule has 1 heterocycles. The summed E-state index contributed by atoms with van der Waals surface area (Å²) in [5, 5.41) is 10.1. The SMILES string of the molecule is COC(=O)CCC1CCN(C2CCCCC2O)CC1. The summed E-state index contributed by atoms with van der Waals surface area (Å²) >= 11 is 0. The molecule has 1 saturated heterocycles. The molecule has 2 rings (SSSR count). The number of hydrogen-bond acceptors (Lipinski definition) is 4.